The van der Waals surface area contributed by atoms with E-state index in [1.165, 1.54) is 29.6 Å². The molecule has 0 aliphatic heterocycles. The summed E-state index contributed by atoms with van der Waals surface area (Å²) in [5.74, 6) is -0.508. The topological polar surface area (TPSA) is 88.1 Å². The lowest BCUT2D eigenvalue weighted by Gasteiger charge is -2.15. The third-order valence-corrected chi connectivity index (χ3v) is 3.85. The summed E-state index contributed by atoms with van der Waals surface area (Å²) >= 11 is 0. The van der Waals surface area contributed by atoms with Gasteiger partial charge in [0.05, 0.1) is 5.56 Å². The van der Waals surface area contributed by atoms with Gasteiger partial charge in [0.15, 0.2) is 17.4 Å². The first-order valence-electron chi connectivity index (χ1n) is 7.30. The van der Waals surface area contributed by atoms with Gasteiger partial charge in [-0.3, -0.25) is 18.5 Å². The number of hydrogen-bond donors (Lipinski definition) is 0. The molecule has 0 amide bonds. The van der Waals surface area contributed by atoms with E-state index in [9.17, 15) is 14.4 Å². The Morgan fingerprint density at radius 2 is 1.79 bits per heavy atom. The molecule has 0 aliphatic carbocycles. The summed E-state index contributed by atoms with van der Waals surface area (Å²) in [7, 11) is 2.92. The van der Waals surface area contributed by atoms with Crippen molar-refractivity contribution in [2.75, 3.05) is 0 Å². The van der Waals surface area contributed by atoms with Gasteiger partial charge in [0, 0.05) is 14.1 Å². The number of imidazole rings is 1. The third kappa shape index (κ3) is 2.41. The van der Waals surface area contributed by atoms with E-state index in [0.717, 1.165) is 4.57 Å². The van der Waals surface area contributed by atoms with E-state index in [1.807, 2.05) is 0 Å². The first-order chi connectivity index (χ1) is 11.4. The largest absolute Gasteiger partial charge is 0.438 e. The second kappa shape index (κ2) is 5.80. The van der Waals surface area contributed by atoms with Gasteiger partial charge in [-0.05, 0) is 19.1 Å². The van der Waals surface area contributed by atoms with E-state index in [0.29, 0.717) is 5.56 Å². The van der Waals surface area contributed by atoms with Crippen LogP contribution in [0.4, 0.5) is 0 Å². The van der Waals surface area contributed by atoms with Crippen LogP contribution < -0.4 is 11.2 Å². The smallest absolute Gasteiger partial charge is 0.340 e. The number of hydrogen-bond acceptors (Lipinski definition) is 5. The fraction of sp³-hybridized carbons (Fsp3) is 0.250. The SMILES string of the molecule is CC(OC(=O)c1ccccc1)n1cnc2c1c(=O)n(C)c(=O)n2C. The van der Waals surface area contributed by atoms with Crippen molar-refractivity contribution >= 4 is 17.1 Å². The van der Waals surface area contributed by atoms with Crippen LogP contribution in [0, 0.1) is 0 Å². The average Bonchev–Trinajstić information content (AvgIpc) is 3.04. The number of carbonyl (C=O) groups excluding carboxylic acids is 1. The van der Waals surface area contributed by atoms with Crippen molar-refractivity contribution < 1.29 is 9.53 Å². The van der Waals surface area contributed by atoms with Crippen molar-refractivity contribution in [1.29, 1.82) is 0 Å². The van der Waals surface area contributed by atoms with Gasteiger partial charge in [-0.15, -0.1) is 0 Å². The van der Waals surface area contributed by atoms with Crippen LogP contribution in [0.2, 0.25) is 0 Å². The van der Waals surface area contributed by atoms with Crippen molar-refractivity contribution in [1.82, 2.24) is 18.7 Å². The molecule has 124 valence electrons. The Hall–Kier alpha value is -3.16. The lowest BCUT2D eigenvalue weighted by Crippen LogP contribution is -2.37. The number of carbonyl (C=O) groups is 1. The number of fused-ring (bicyclic) bond motifs is 1. The lowest BCUT2D eigenvalue weighted by atomic mass is 10.2. The molecule has 1 aromatic carbocycles. The number of rotatable bonds is 3. The molecule has 2 heterocycles. The Balaban J connectivity index is 2.03. The minimum atomic E-state index is -0.757. The van der Waals surface area contributed by atoms with E-state index in [-0.39, 0.29) is 11.2 Å². The first kappa shape index (κ1) is 15.7. The fourth-order valence-corrected chi connectivity index (χ4v) is 2.49. The molecule has 3 aromatic rings. The van der Waals surface area contributed by atoms with Crippen LogP contribution in [-0.4, -0.2) is 24.7 Å². The number of aromatic nitrogens is 4. The monoisotopic (exact) mass is 328 g/mol. The molecule has 0 spiro atoms. The Kier molecular flexibility index (Phi) is 3.80. The van der Waals surface area contributed by atoms with Gasteiger partial charge in [-0.2, -0.15) is 0 Å². The zero-order chi connectivity index (χ0) is 17.4. The Labute approximate surface area is 136 Å². The molecular formula is C16H16N4O4. The molecule has 3 rings (SSSR count). The van der Waals surface area contributed by atoms with Crippen LogP contribution in [0.3, 0.4) is 0 Å². The molecule has 0 aliphatic rings. The van der Waals surface area contributed by atoms with Crippen LogP contribution in [-0.2, 0) is 18.8 Å². The fourth-order valence-electron chi connectivity index (χ4n) is 2.49. The molecule has 8 nitrogen and oxygen atoms in total. The minimum Gasteiger partial charge on any atom is -0.438 e. The normalized spacial score (nSPS) is 12.3. The quantitative estimate of drug-likeness (QED) is 0.664. The molecule has 0 radical (unpaired) electrons. The van der Waals surface area contributed by atoms with E-state index in [4.69, 9.17) is 4.74 Å². The summed E-state index contributed by atoms with van der Waals surface area (Å²) in [5, 5.41) is 0. The van der Waals surface area contributed by atoms with Gasteiger partial charge in [-0.25, -0.2) is 14.6 Å². The van der Waals surface area contributed by atoms with Crippen LogP contribution in [0.25, 0.3) is 11.2 Å². The van der Waals surface area contributed by atoms with E-state index >= 15 is 0 Å². The summed E-state index contributed by atoms with van der Waals surface area (Å²) < 4.78 is 9.11. The predicted octanol–water partition coefficient (Wildman–Crippen LogP) is 0.809. The second-order valence-electron chi connectivity index (χ2n) is 5.40. The summed E-state index contributed by atoms with van der Waals surface area (Å²) in [4.78, 5) is 40.6. The Morgan fingerprint density at radius 1 is 1.12 bits per heavy atom. The lowest BCUT2D eigenvalue weighted by molar-refractivity contribution is 0.0169. The molecule has 1 atom stereocenters. The zero-order valence-corrected chi connectivity index (χ0v) is 13.5. The highest BCUT2D eigenvalue weighted by atomic mass is 16.6. The summed E-state index contributed by atoms with van der Waals surface area (Å²) in [6, 6.07) is 8.56. The maximum absolute atomic E-state index is 12.4. The molecule has 8 heteroatoms. The van der Waals surface area contributed by atoms with Crippen LogP contribution in [0.5, 0.6) is 0 Å². The van der Waals surface area contributed by atoms with Crippen molar-refractivity contribution in [3.8, 4) is 0 Å². The van der Waals surface area contributed by atoms with Crippen molar-refractivity contribution in [2.45, 2.75) is 13.2 Å². The number of aryl methyl sites for hydroxylation is 1. The highest BCUT2D eigenvalue weighted by Gasteiger charge is 2.20. The predicted molar refractivity (Wildman–Crippen MR) is 86.8 cm³/mol. The zero-order valence-electron chi connectivity index (χ0n) is 13.5. The van der Waals surface area contributed by atoms with Crippen molar-refractivity contribution in [2.24, 2.45) is 14.1 Å². The third-order valence-electron chi connectivity index (χ3n) is 3.85. The second-order valence-corrected chi connectivity index (χ2v) is 5.40. The molecule has 1 unspecified atom stereocenters. The van der Waals surface area contributed by atoms with Crippen LogP contribution in [0.1, 0.15) is 23.5 Å². The Bertz CT molecular complexity index is 1030. The van der Waals surface area contributed by atoms with E-state index in [2.05, 4.69) is 4.98 Å². The highest BCUT2D eigenvalue weighted by Crippen LogP contribution is 2.16. The van der Waals surface area contributed by atoms with E-state index < -0.39 is 23.4 Å². The maximum atomic E-state index is 12.4. The van der Waals surface area contributed by atoms with Gasteiger partial charge in [0.25, 0.3) is 5.56 Å². The number of ether oxygens (including phenoxy) is 1. The number of nitrogens with zero attached hydrogens (tertiary/aromatic N) is 4. The van der Waals surface area contributed by atoms with E-state index in [1.54, 1.807) is 37.3 Å². The molecule has 0 bridgehead atoms. The number of esters is 1. The van der Waals surface area contributed by atoms with Gasteiger partial charge < -0.3 is 4.74 Å². The van der Waals surface area contributed by atoms with Crippen molar-refractivity contribution in [3.63, 3.8) is 0 Å². The highest BCUT2D eigenvalue weighted by molar-refractivity contribution is 5.89. The van der Waals surface area contributed by atoms with Gasteiger partial charge in [0.2, 0.25) is 0 Å². The molecule has 0 saturated carbocycles. The molecule has 2 aromatic heterocycles. The Morgan fingerprint density at radius 3 is 2.46 bits per heavy atom. The van der Waals surface area contributed by atoms with Crippen molar-refractivity contribution in [3.05, 3.63) is 63.1 Å². The summed E-state index contributed by atoms with van der Waals surface area (Å²) in [5.41, 5.74) is -0.104. The van der Waals surface area contributed by atoms with Gasteiger partial charge in [-0.1, -0.05) is 18.2 Å². The molecule has 24 heavy (non-hydrogen) atoms. The maximum Gasteiger partial charge on any atom is 0.340 e. The molecular weight excluding hydrogens is 312 g/mol. The first-order valence-corrected chi connectivity index (χ1v) is 7.30. The number of benzene rings is 1. The van der Waals surface area contributed by atoms with Gasteiger partial charge >= 0.3 is 11.7 Å². The summed E-state index contributed by atoms with van der Waals surface area (Å²) in [6.45, 7) is 1.63. The summed E-state index contributed by atoms with van der Waals surface area (Å²) in [6.07, 6.45) is 0.627. The standard InChI is InChI=1S/C16H16N4O4/c1-10(24-15(22)11-7-5-4-6-8-11)20-9-17-13-12(20)14(21)19(3)16(23)18(13)2/h4-10H,1-3H3. The molecule has 0 fully saturated rings. The minimum absolute atomic E-state index is 0.202. The van der Waals surface area contributed by atoms with Crippen LogP contribution in [0.15, 0.2) is 46.2 Å². The van der Waals surface area contributed by atoms with Gasteiger partial charge in [0.1, 0.15) is 6.33 Å². The molecule has 0 N–H and O–H groups in total. The average molecular weight is 328 g/mol. The molecule has 0 saturated heterocycles. The van der Waals surface area contributed by atoms with Crippen LogP contribution >= 0.6 is 0 Å².